The number of carbonyl (C=O) groups is 1. The van der Waals surface area contributed by atoms with Gasteiger partial charge in [-0.3, -0.25) is 4.79 Å². The number of rotatable bonds is 2. The first-order valence-corrected chi connectivity index (χ1v) is 7.14. The van der Waals surface area contributed by atoms with E-state index in [0.29, 0.717) is 13.0 Å². The molecule has 0 aromatic heterocycles. The summed E-state index contributed by atoms with van der Waals surface area (Å²) in [4.78, 5) is 14.4. The van der Waals surface area contributed by atoms with E-state index in [4.69, 9.17) is 0 Å². The van der Waals surface area contributed by atoms with Crippen LogP contribution >= 0.6 is 0 Å². The second-order valence-electron chi connectivity index (χ2n) is 5.81. The van der Waals surface area contributed by atoms with Crippen LogP contribution in [0.25, 0.3) is 0 Å². The average Bonchev–Trinajstić information content (AvgIpc) is 2.86. The van der Waals surface area contributed by atoms with Crippen LogP contribution in [0.5, 0.6) is 0 Å². The van der Waals surface area contributed by atoms with Crippen molar-refractivity contribution in [1.82, 2.24) is 10.2 Å². The summed E-state index contributed by atoms with van der Waals surface area (Å²) in [7, 11) is 2.12. The number of carbonyl (C=O) groups excluding carboxylic acids is 1. The third kappa shape index (κ3) is 2.85. The Morgan fingerprint density at radius 3 is 3.05 bits per heavy atom. The molecule has 2 aliphatic rings. The first-order chi connectivity index (χ1) is 9.61. The first-order valence-electron chi connectivity index (χ1n) is 7.14. The Balaban J connectivity index is 1.67. The van der Waals surface area contributed by atoms with Crippen LogP contribution in [0.3, 0.4) is 0 Å². The van der Waals surface area contributed by atoms with Crippen LogP contribution in [0.4, 0.5) is 5.69 Å². The van der Waals surface area contributed by atoms with Crippen LogP contribution in [0.1, 0.15) is 17.5 Å². The molecule has 108 valence electrons. The summed E-state index contributed by atoms with van der Waals surface area (Å²) >= 11 is 0. The molecule has 1 aromatic carbocycles. The van der Waals surface area contributed by atoms with Gasteiger partial charge in [0.15, 0.2) is 0 Å². The molecule has 2 unspecified atom stereocenters. The Hall–Kier alpha value is -1.43. The van der Waals surface area contributed by atoms with Crippen LogP contribution in [0.2, 0.25) is 0 Å². The maximum Gasteiger partial charge on any atom is 0.241 e. The maximum atomic E-state index is 12.1. The molecule has 1 amide bonds. The molecular weight excluding hydrogens is 254 g/mol. The molecule has 5 nitrogen and oxygen atoms in total. The number of nitrogens with zero attached hydrogens (tertiary/aromatic N) is 1. The lowest BCUT2D eigenvalue weighted by Crippen LogP contribution is -2.35. The Bertz CT molecular complexity index is 518. The third-order valence-electron chi connectivity index (χ3n) is 4.10. The third-order valence-corrected chi connectivity index (χ3v) is 4.10. The van der Waals surface area contributed by atoms with Crippen molar-refractivity contribution in [2.24, 2.45) is 0 Å². The lowest BCUT2D eigenvalue weighted by atomic mass is 9.99. The number of hydrogen-bond donors (Lipinski definition) is 3. The van der Waals surface area contributed by atoms with Gasteiger partial charge in [0, 0.05) is 25.3 Å². The molecule has 2 aliphatic heterocycles. The van der Waals surface area contributed by atoms with Crippen LogP contribution in [0, 0.1) is 0 Å². The van der Waals surface area contributed by atoms with E-state index in [1.807, 2.05) is 6.07 Å². The second-order valence-corrected chi connectivity index (χ2v) is 5.81. The van der Waals surface area contributed by atoms with Gasteiger partial charge in [0.25, 0.3) is 0 Å². The molecule has 2 atom stereocenters. The molecule has 1 aromatic rings. The van der Waals surface area contributed by atoms with Gasteiger partial charge in [0.05, 0.1) is 12.1 Å². The molecule has 3 rings (SSSR count). The monoisotopic (exact) mass is 275 g/mol. The molecule has 5 heteroatoms. The van der Waals surface area contributed by atoms with E-state index in [9.17, 15) is 9.90 Å². The number of aliphatic hydroxyl groups is 1. The zero-order valence-electron chi connectivity index (χ0n) is 11.7. The highest BCUT2D eigenvalue weighted by Crippen LogP contribution is 2.22. The number of aliphatic hydroxyl groups excluding tert-OH is 1. The van der Waals surface area contributed by atoms with Gasteiger partial charge < -0.3 is 20.6 Å². The minimum atomic E-state index is -0.412. The van der Waals surface area contributed by atoms with Crippen molar-refractivity contribution in [2.75, 3.05) is 25.5 Å². The van der Waals surface area contributed by atoms with Gasteiger partial charge in [-0.15, -0.1) is 0 Å². The molecule has 2 heterocycles. The molecule has 0 aliphatic carbocycles. The Morgan fingerprint density at radius 2 is 2.30 bits per heavy atom. The molecular formula is C15H21N3O2. The molecule has 0 saturated carbocycles. The number of anilines is 1. The summed E-state index contributed by atoms with van der Waals surface area (Å²) in [6.07, 6.45) is 1.10. The predicted molar refractivity (Wildman–Crippen MR) is 77.5 cm³/mol. The number of benzene rings is 1. The first kappa shape index (κ1) is 13.5. The number of likely N-dealkylation sites (N-methyl/N-ethyl adjacent to an activating group) is 1. The Labute approximate surface area is 119 Å². The maximum absolute atomic E-state index is 12.1. The smallest absolute Gasteiger partial charge is 0.241 e. The summed E-state index contributed by atoms with van der Waals surface area (Å²) in [5.74, 6) is -0.0607. The Morgan fingerprint density at radius 1 is 1.45 bits per heavy atom. The standard InChI is InChI=1S/C15H21N3O2/c1-18-5-4-10-6-12(3-2-11(10)9-18)17-15(20)14-7-13(19)8-16-14/h2-3,6,13-14,16,19H,4-5,7-9H2,1H3,(H,17,20). The van der Waals surface area contributed by atoms with Crippen LogP contribution in [-0.4, -0.2) is 48.2 Å². The van der Waals surface area contributed by atoms with Crippen LogP contribution < -0.4 is 10.6 Å². The van der Waals surface area contributed by atoms with Gasteiger partial charge in [0.1, 0.15) is 0 Å². The van der Waals surface area contributed by atoms with Gasteiger partial charge in [-0.2, -0.15) is 0 Å². The van der Waals surface area contributed by atoms with Crippen molar-refractivity contribution < 1.29 is 9.90 Å². The highest BCUT2D eigenvalue weighted by Gasteiger charge is 2.28. The van der Waals surface area contributed by atoms with Gasteiger partial charge in [-0.25, -0.2) is 0 Å². The highest BCUT2D eigenvalue weighted by molar-refractivity contribution is 5.95. The number of nitrogens with one attached hydrogen (secondary N) is 2. The van der Waals surface area contributed by atoms with Crippen molar-refractivity contribution in [3.8, 4) is 0 Å². The summed E-state index contributed by atoms with van der Waals surface area (Å²) < 4.78 is 0. The number of β-amino-alcohol motifs (C(OH)–C–C–N with tert-alkyl or cyclic N) is 1. The largest absolute Gasteiger partial charge is 0.392 e. The van der Waals surface area contributed by atoms with Crippen molar-refractivity contribution >= 4 is 11.6 Å². The quantitative estimate of drug-likeness (QED) is 0.728. The van der Waals surface area contributed by atoms with Crippen molar-refractivity contribution in [3.05, 3.63) is 29.3 Å². The minimum absolute atomic E-state index is 0.0607. The molecule has 3 N–H and O–H groups in total. The zero-order valence-corrected chi connectivity index (χ0v) is 11.7. The van der Waals surface area contributed by atoms with Gasteiger partial charge >= 0.3 is 0 Å². The molecule has 1 fully saturated rings. The van der Waals surface area contributed by atoms with Crippen molar-refractivity contribution in [1.29, 1.82) is 0 Å². The predicted octanol–water partition coefficient (Wildman–Crippen LogP) is 0.336. The Kier molecular flexibility index (Phi) is 3.74. The fourth-order valence-corrected chi connectivity index (χ4v) is 2.92. The molecule has 0 radical (unpaired) electrons. The van der Waals surface area contributed by atoms with Crippen LogP contribution in [0.15, 0.2) is 18.2 Å². The molecule has 0 bridgehead atoms. The van der Waals surface area contributed by atoms with E-state index in [2.05, 4.69) is 34.7 Å². The molecule has 0 spiro atoms. The number of hydrogen-bond acceptors (Lipinski definition) is 4. The van der Waals surface area contributed by atoms with E-state index < -0.39 is 6.10 Å². The summed E-state index contributed by atoms with van der Waals surface area (Å²) in [5.41, 5.74) is 3.51. The summed E-state index contributed by atoms with van der Waals surface area (Å²) in [6.45, 7) is 2.52. The van der Waals surface area contributed by atoms with Gasteiger partial charge in [-0.05, 0) is 43.1 Å². The minimum Gasteiger partial charge on any atom is -0.392 e. The lowest BCUT2D eigenvalue weighted by molar-refractivity contribution is -0.117. The average molecular weight is 275 g/mol. The van der Waals surface area contributed by atoms with E-state index in [0.717, 1.165) is 25.2 Å². The van der Waals surface area contributed by atoms with Crippen molar-refractivity contribution in [2.45, 2.75) is 31.5 Å². The van der Waals surface area contributed by atoms with Gasteiger partial charge in [-0.1, -0.05) is 6.07 Å². The summed E-state index contributed by atoms with van der Waals surface area (Å²) in [5, 5.41) is 15.4. The molecule has 20 heavy (non-hydrogen) atoms. The fraction of sp³-hybridized carbons (Fsp3) is 0.533. The second kappa shape index (κ2) is 5.52. The van der Waals surface area contributed by atoms with Crippen molar-refractivity contribution in [3.63, 3.8) is 0 Å². The van der Waals surface area contributed by atoms with E-state index in [1.54, 1.807) is 0 Å². The SMILES string of the molecule is CN1CCc2cc(NC(=O)C3CC(O)CN3)ccc2C1. The summed E-state index contributed by atoms with van der Waals surface area (Å²) in [6, 6.07) is 5.84. The topological polar surface area (TPSA) is 64.6 Å². The fourth-order valence-electron chi connectivity index (χ4n) is 2.92. The van der Waals surface area contributed by atoms with E-state index in [-0.39, 0.29) is 11.9 Å². The van der Waals surface area contributed by atoms with E-state index in [1.165, 1.54) is 11.1 Å². The van der Waals surface area contributed by atoms with Crippen LogP contribution in [-0.2, 0) is 17.8 Å². The van der Waals surface area contributed by atoms with Gasteiger partial charge in [0.2, 0.25) is 5.91 Å². The molecule has 1 saturated heterocycles. The zero-order chi connectivity index (χ0) is 14.1. The van der Waals surface area contributed by atoms with E-state index >= 15 is 0 Å². The highest BCUT2D eigenvalue weighted by atomic mass is 16.3. The number of amides is 1. The normalized spacial score (nSPS) is 26.3. The lowest BCUT2D eigenvalue weighted by Gasteiger charge is -2.25. The number of fused-ring (bicyclic) bond motifs is 1.